The molecule has 2 N–H and O–H groups in total. The van der Waals surface area contributed by atoms with Crippen molar-refractivity contribution in [1.29, 1.82) is 0 Å². The highest BCUT2D eigenvalue weighted by atomic mass is 32.2. The summed E-state index contributed by atoms with van der Waals surface area (Å²) in [5.41, 5.74) is 1.51. The van der Waals surface area contributed by atoms with Gasteiger partial charge in [0.1, 0.15) is 18.2 Å². The summed E-state index contributed by atoms with van der Waals surface area (Å²) in [6.45, 7) is 7.88. The van der Waals surface area contributed by atoms with E-state index in [0.717, 1.165) is 23.9 Å². The number of carbonyl (C=O) groups excluding carboxylic acids is 3. The first-order valence-electron chi connectivity index (χ1n) is 13.1. The van der Waals surface area contributed by atoms with E-state index in [9.17, 15) is 19.5 Å². The van der Waals surface area contributed by atoms with Crippen LogP contribution in [0.4, 0.5) is 0 Å². The SMILES string of the molecule is CCOC(=O)[C@@H]1[C@H]2C(=O)N([C@@H](CO)[C@@H](C)CC)C(C(=O)NCn3nnc4ccccc43)C23S[C@@H]1CC3C. The van der Waals surface area contributed by atoms with Crippen molar-refractivity contribution in [1.82, 2.24) is 25.2 Å². The Bertz CT molecular complexity index is 1200. The molecule has 8 atom stereocenters. The van der Waals surface area contributed by atoms with Crippen molar-refractivity contribution in [2.45, 2.75) is 69.3 Å². The van der Waals surface area contributed by atoms with Crippen molar-refractivity contribution in [2.75, 3.05) is 13.2 Å². The maximum absolute atomic E-state index is 14.2. The number of amides is 2. The molecule has 37 heavy (non-hydrogen) atoms. The van der Waals surface area contributed by atoms with Gasteiger partial charge in [-0.15, -0.1) is 16.9 Å². The molecular weight excluding hydrogens is 494 g/mol. The third-order valence-electron chi connectivity index (χ3n) is 8.66. The molecule has 11 heteroatoms. The van der Waals surface area contributed by atoms with Crippen molar-refractivity contribution < 1.29 is 24.2 Å². The molecule has 5 rings (SSSR count). The van der Waals surface area contributed by atoms with E-state index < -0.39 is 28.7 Å². The average Bonchev–Trinajstić information content (AvgIpc) is 3.61. The highest BCUT2D eigenvalue weighted by molar-refractivity contribution is 8.02. The van der Waals surface area contributed by atoms with Gasteiger partial charge in [0.2, 0.25) is 11.8 Å². The zero-order chi connectivity index (χ0) is 26.5. The number of esters is 1. The van der Waals surface area contributed by atoms with Gasteiger partial charge in [-0.3, -0.25) is 14.4 Å². The lowest BCUT2D eigenvalue weighted by molar-refractivity contribution is -0.154. The van der Waals surface area contributed by atoms with E-state index in [2.05, 4.69) is 22.6 Å². The molecule has 3 saturated heterocycles. The van der Waals surface area contributed by atoms with Gasteiger partial charge in [0, 0.05) is 5.25 Å². The second-order valence-electron chi connectivity index (χ2n) is 10.5. The smallest absolute Gasteiger partial charge is 0.310 e. The van der Waals surface area contributed by atoms with Gasteiger partial charge in [-0.05, 0) is 37.3 Å². The minimum absolute atomic E-state index is 0.0303. The molecule has 1 aromatic carbocycles. The summed E-state index contributed by atoms with van der Waals surface area (Å²) >= 11 is 1.60. The third-order valence-corrected chi connectivity index (χ3v) is 10.7. The second-order valence-corrected chi connectivity index (χ2v) is 12.0. The summed E-state index contributed by atoms with van der Waals surface area (Å²) in [5.74, 6) is -2.15. The monoisotopic (exact) mass is 529 g/mol. The number of ether oxygens (including phenoxy) is 1. The number of likely N-dealkylation sites (tertiary alicyclic amines) is 1. The largest absolute Gasteiger partial charge is 0.466 e. The van der Waals surface area contributed by atoms with Gasteiger partial charge in [0.15, 0.2) is 0 Å². The lowest BCUT2D eigenvalue weighted by atomic mass is 9.66. The van der Waals surface area contributed by atoms with Crippen LogP contribution >= 0.6 is 11.8 Å². The van der Waals surface area contributed by atoms with Crippen LogP contribution in [0.1, 0.15) is 40.5 Å². The number of carbonyl (C=O) groups is 3. The van der Waals surface area contributed by atoms with E-state index in [1.807, 2.05) is 38.1 Å². The molecular formula is C26H35N5O5S. The number of nitrogens with zero attached hydrogens (tertiary/aromatic N) is 4. The van der Waals surface area contributed by atoms with E-state index in [1.165, 1.54) is 0 Å². The molecule has 2 amide bonds. The maximum atomic E-state index is 14.2. The van der Waals surface area contributed by atoms with Gasteiger partial charge in [-0.1, -0.05) is 44.5 Å². The Hall–Kier alpha value is -2.66. The van der Waals surface area contributed by atoms with Crippen molar-refractivity contribution in [3.63, 3.8) is 0 Å². The first-order valence-corrected chi connectivity index (χ1v) is 14.0. The van der Waals surface area contributed by atoms with Gasteiger partial charge in [-0.2, -0.15) is 0 Å². The molecule has 200 valence electrons. The molecule has 4 heterocycles. The molecule has 0 saturated carbocycles. The number of aliphatic hydroxyl groups excluding tert-OH is 1. The van der Waals surface area contributed by atoms with Crippen molar-refractivity contribution in [2.24, 2.45) is 23.7 Å². The minimum atomic E-state index is -0.824. The molecule has 10 nitrogen and oxygen atoms in total. The Morgan fingerprint density at radius 3 is 2.78 bits per heavy atom. The van der Waals surface area contributed by atoms with Crippen molar-refractivity contribution >= 4 is 40.6 Å². The second kappa shape index (κ2) is 9.90. The van der Waals surface area contributed by atoms with Crippen LogP contribution < -0.4 is 5.32 Å². The molecule has 3 fully saturated rings. The molecule has 0 aliphatic carbocycles. The van der Waals surface area contributed by atoms with Crippen LogP contribution in [0.25, 0.3) is 11.0 Å². The van der Waals surface area contributed by atoms with Gasteiger partial charge in [-0.25, -0.2) is 4.68 Å². The first kappa shape index (κ1) is 26.0. The molecule has 2 bridgehead atoms. The first-order chi connectivity index (χ1) is 17.8. The molecule has 3 aliphatic rings. The minimum Gasteiger partial charge on any atom is -0.466 e. The van der Waals surface area contributed by atoms with Crippen molar-refractivity contribution in [3.8, 4) is 0 Å². The van der Waals surface area contributed by atoms with Gasteiger partial charge in [0.25, 0.3) is 0 Å². The van der Waals surface area contributed by atoms with Gasteiger partial charge < -0.3 is 20.1 Å². The predicted octanol–water partition coefficient (Wildman–Crippen LogP) is 1.81. The third kappa shape index (κ3) is 3.84. The Kier molecular flexibility index (Phi) is 6.95. The maximum Gasteiger partial charge on any atom is 0.310 e. The Balaban J connectivity index is 1.52. The Labute approximate surface area is 220 Å². The molecule has 3 unspecified atom stereocenters. The van der Waals surface area contributed by atoms with Crippen LogP contribution in [0, 0.1) is 23.7 Å². The number of hydrogen-bond acceptors (Lipinski definition) is 8. The molecule has 2 aromatic rings. The summed E-state index contributed by atoms with van der Waals surface area (Å²) in [5, 5.41) is 21.7. The van der Waals surface area contributed by atoms with E-state index in [4.69, 9.17) is 4.74 Å². The number of aliphatic hydroxyl groups is 1. The van der Waals surface area contributed by atoms with Crippen LogP contribution in [0.15, 0.2) is 24.3 Å². The zero-order valence-corrected chi connectivity index (χ0v) is 22.5. The molecule has 3 aliphatic heterocycles. The van der Waals surface area contributed by atoms with Crippen LogP contribution in [0.5, 0.6) is 0 Å². The summed E-state index contributed by atoms with van der Waals surface area (Å²) in [6.07, 6.45) is 1.47. The fraction of sp³-hybridized carbons (Fsp3) is 0.654. The van der Waals surface area contributed by atoms with Crippen molar-refractivity contribution in [3.05, 3.63) is 24.3 Å². The Morgan fingerprint density at radius 1 is 1.32 bits per heavy atom. The van der Waals surface area contributed by atoms with E-state index >= 15 is 0 Å². The molecule has 1 spiro atoms. The normalized spacial score (nSPS) is 32.0. The number of nitrogens with one attached hydrogen (secondary N) is 1. The van der Waals surface area contributed by atoms with Crippen LogP contribution in [0.2, 0.25) is 0 Å². The van der Waals surface area contributed by atoms with E-state index in [0.29, 0.717) is 0 Å². The summed E-state index contributed by atoms with van der Waals surface area (Å²) < 4.78 is 6.25. The van der Waals surface area contributed by atoms with E-state index in [-0.39, 0.29) is 54.8 Å². The summed E-state index contributed by atoms with van der Waals surface area (Å²) in [4.78, 5) is 42.9. The van der Waals surface area contributed by atoms with Crippen LogP contribution in [0.3, 0.4) is 0 Å². The molecule has 0 radical (unpaired) electrons. The zero-order valence-electron chi connectivity index (χ0n) is 21.7. The quantitative estimate of drug-likeness (QED) is 0.471. The van der Waals surface area contributed by atoms with E-state index in [1.54, 1.807) is 28.3 Å². The topological polar surface area (TPSA) is 127 Å². The fourth-order valence-electron chi connectivity index (χ4n) is 6.72. The molecule has 1 aromatic heterocycles. The fourth-order valence-corrected chi connectivity index (χ4v) is 9.12. The number of hydrogen-bond donors (Lipinski definition) is 2. The number of fused-ring (bicyclic) bond motifs is 2. The predicted molar refractivity (Wildman–Crippen MR) is 138 cm³/mol. The average molecular weight is 530 g/mol. The summed E-state index contributed by atoms with van der Waals surface area (Å²) in [6, 6.07) is 6.14. The number of para-hydroxylation sites is 1. The standard InChI is InChI=1S/C26H35N5O5S/c1-5-14(3)18(12-32)31-22(23(33)27-13-30-17-10-8-7-9-16(17)28-29-30)26-15(4)11-19(37-26)20(21(26)24(31)34)25(35)36-6-2/h7-10,14-15,18-22,32H,5-6,11-13H2,1-4H3,(H,27,33)/t14-,15?,18-,19+,20-,21-,22?,26?/m0/s1. The highest BCUT2D eigenvalue weighted by Crippen LogP contribution is 2.69. The van der Waals surface area contributed by atoms with Gasteiger partial charge in [0.05, 0.1) is 41.4 Å². The number of benzene rings is 1. The van der Waals surface area contributed by atoms with Gasteiger partial charge >= 0.3 is 5.97 Å². The van der Waals surface area contributed by atoms with Crippen LogP contribution in [-0.4, -0.2) is 78.1 Å². The number of aromatic nitrogens is 3. The lowest BCUT2D eigenvalue weighted by Gasteiger charge is -2.41. The number of rotatable bonds is 9. The Morgan fingerprint density at radius 2 is 2.08 bits per heavy atom. The summed E-state index contributed by atoms with van der Waals surface area (Å²) in [7, 11) is 0. The lowest BCUT2D eigenvalue weighted by Crippen LogP contribution is -2.59. The number of thioether (sulfide) groups is 1. The highest BCUT2D eigenvalue weighted by Gasteiger charge is 2.77. The van der Waals surface area contributed by atoms with Crippen LogP contribution in [-0.2, 0) is 25.8 Å².